The topological polar surface area (TPSA) is 42.2 Å². The van der Waals surface area contributed by atoms with E-state index in [1.54, 1.807) is 12.1 Å². The van der Waals surface area contributed by atoms with E-state index in [0.29, 0.717) is 16.3 Å². The molecule has 0 radical (unpaired) electrons. The quantitative estimate of drug-likeness (QED) is 0.767. The number of hydrogen-bond donors (Lipinski definition) is 1. The molecule has 0 aliphatic carbocycles. The van der Waals surface area contributed by atoms with Crippen molar-refractivity contribution in [1.82, 2.24) is 4.57 Å². The Kier molecular flexibility index (Phi) is 2.99. The molecule has 0 unspecified atom stereocenters. The summed E-state index contributed by atoms with van der Waals surface area (Å²) in [5.74, 6) is -0.924. The molecule has 4 heteroatoms. The molecule has 1 aromatic heterocycles. The van der Waals surface area contributed by atoms with Crippen molar-refractivity contribution in [1.29, 1.82) is 0 Å². The van der Waals surface area contributed by atoms with Gasteiger partial charge in [-0.25, -0.2) is 4.79 Å². The summed E-state index contributed by atoms with van der Waals surface area (Å²) < 4.78 is 1.90. The lowest BCUT2D eigenvalue weighted by atomic mass is 10.1. The van der Waals surface area contributed by atoms with Crippen LogP contribution in [0.5, 0.6) is 0 Å². The molecule has 3 rings (SSSR count). The van der Waals surface area contributed by atoms with Gasteiger partial charge in [0.25, 0.3) is 0 Å². The molecule has 3 nitrogen and oxygen atoms in total. The van der Waals surface area contributed by atoms with Gasteiger partial charge in [0.05, 0.1) is 11.3 Å². The van der Waals surface area contributed by atoms with Crippen molar-refractivity contribution in [2.24, 2.45) is 7.05 Å². The molecule has 0 amide bonds. The monoisotopic (exact) mass is 285 g/mol. The number of rotatable bonds is 2. The van der Waals surface area contributed by atoms with E-state index in [2.05, 4.69) is 0 Å². The smallest absolute Gasteiger partial charge is 0.338 e. The van der Waals surface area contributed by atoms with E-state index in [0.717, 1.165) is 16.5 Å². The molecule has 0 aliphatic heterocycles. The minimum absolute atomic E-state index is 0.324. The maximum atomic E-state index is 11.6. The molecule has 0 fully saturated rings. The molecular formula is C16H12ClNO2. The van der Waals surface area contributed by atoms with Crippen LogP contribution in [-0.2, 0) is 7.05 Å². The van der Waals surface area contributed by atoms with Crippen molar-refractivity contribution < 1.29 is 9.90 Å². The molecule has 3 aromatic rings. The summed E-state index contributed by atoms with van der Waals surface area (Å²) in [5.41, 5.74) is 2.75. The molecule has 0 atom stereocenters. The van der Waals surface area contributed by atoms with Crippen LogP contribution in [0.1, 0.15) is 10.4 Å². The Morgan fingerprint density at radius 3 is 2.40 bits per heavy atom. The molecule has 0 bridgehead atoms. The number of para-hydroxylation sites is 1. The van der Waals surface area contributed by atoms with Gasteiger partial charge in [0, 0.05) is 23.0 Å². The summed E-state index contributed by atoms with van der Waals surface area (Å²) in [6, 6.07) is 14.7. The molecule has 0 spiro atoms. The lowest BCUT2D eigenvalue weighted by Gasteiger charge is -2.06. The molecule has 100 valence electrons. The number of fused-ring (bicyclic) bond motifs is 1. The van der Waals surface area contributed by atoms with Gasteiger partial charge < -0.3 is 9.67 Å². The van der Waals surface area contributed by atoms with Gasteiger partial charge in [-0.15, -0.1) is 0 Å². The summed E-state index contributed by atoms with van der Waals surface area (Å²) in [5, 5.41) is 10.9. The van der Waals surface area contributed by atoms with E-state index in [1.165, 1.54) is 0 Å². The zero-order valence-electron chi connectivity index (χ0n) is 10.8. The third kappa shape index (κ3) is 1.87. The number of carbonyl (C=O) groups is 1. The number of hydrogen-bond acceptors (Lipinski definition) is 1. The molecular weight excluding hydrogens is 274 g/mol. The summed E-state index contributed by atoms with van der Waals surface area (Å²) in [4.78, 5) is 11.6. The predicted octanol–water partition coefficient (Wildman–Crippen LogP) is 4.20. The molecule has 0 saturated heterocycles. The van der Waals surface area contributed by atoms with Crippen LogP contribution in [-0.4, -0.2) is 15.6 Å². The Labute approximate surface area is 121 Å². The van der Waals surface area contributed by atoms with Crippen LogP contribution >= 0.6 is 11.6 Å². The van der Waals surface area contributed by atoms with Crippen molar-refractivity contribution in [2.75, 3.05) is 0 Å². The molecule has 0 aliphatic rings. The van der Waals surface area contributed by atoms with Crippen molar-refractivity contribution in [2.45, 2.75) is 0 Å². The van der Waals surface area contributed by atoms with Gasteiger partial charge >= 0.3 is 5.97 Å². The zero-order valence-corrected chi connectivity index (χ0v) is 11.6. The Hall–Kier alpha value is -2.26. The molecule has 1 heterocycles. The fraction of sp³-hybridized carbons (Fsp3) is 0.0625. The van der Waals surface area contributed by atoms with Gasteiger partial charge in [0.1, 0.15) is 0 Å². The largest absolute Gasteiger partial charge is 0.478 e. The number of nitrogens with zero attached hydrogens (tertiary/aromatic N) is 1. The van der Waals surface area contributed by atoms with E-state index in [9.17, 15) is 9.90 Å². The zero-order chi connectivity index (χ0) is 14.3. The third-order valence-corrected chi connectivity index (χ3v) is 3.69. The van der Waals surface area contributed by atoms with Crippen LogP contribution < -0.4 is 0 Å². The number of aromatic carboxylic acids is 1. The standard InChI is InChI=1S/C16H12ClNO2/c1-18-13-5-3-2-4-12(13)14(16(19)20)15(18)10-6-8-11(17)9-7-10/h2-9H,1H3,(H,19,20). The second-order valence-electron chi connectivity index (χ2n) is 4.61. The molecule has 20 heavy (non-hydrogen) atoms. The third-order valence-electron chi connectivity index (χ3n) is 3.44. The fourth-order valence-electron chi connectivity index (χ4n) is 2.56. The average molecular weight is 286 g/mol. The summed E-state index contributed by atoms with van der Waals surface area (Å²) in [6.07, 6.45) is 0. The predicted molar refractivity (Wildman–Crippen MR) is 80.3 cm³/mol. The van der Waals surface area contributed by atoms with Crippen LogP contribution in [0.3, 0.4) is 0 Å². The molecule has 1 N–H and O–H groups in total. The van der Waals surface area contributed by atoms with E-state index in [4.69, 9.17) is 11.6 Å². The van der Waals surface area contributed by atoms with Crippen LogP contribution in [0.25, 0.3) is 22.2 Å². The Morgan fingerprint density at radius 1 is 1.10 bits per heavy atom. The highest BCUT2D eigenvalue weighted by atomic mass is 35.5. The van der Waals surface area contributed by atoms with Crippen LogP contribution in [0.2, 0.25) is 5.02 Å². The number of benzene rings is 2. The molecule has 0 saturated carbocycles. The first kappa shape index (κ1) is 12.8. The van der Waals surface area contributed by atoms with Gasteiger partial charge in [-0.1, -0.05) is 41.9 Å². The first-order valence-electron chi connectivity index (χ1n) is 6.16. The van der Waals surface area contributed by atoms with Crippen molar-refractivity contribution in [3.05, 3.63) is 59.1 Å². The maximum absolute atomic E-state index is 11.6. The second kappa shape index (κ2) is 4.69. The fourth-order valence-corrected chi connectivity index (χ4v) is 2.68. The Morgan fingerprint density at radius 2 is 1.75 bits per heavy atom. The summed E-state index contributed by atoms with van der Waals surface area (Å²) >= 11 is 5.90. The number of carboxylic acids is 1. The maximum Gasteiger partial charge on any atom is 0.338 e. The number of aryl methyl sites for hydroxylation is 1. The van der Waals surface area contributed by atoms with Gasteiger partial charge in [-0.05, 0) is 23.8 Å². The van der Waals surface area contributed by atoms with E-state index < -0.39 is 5.97 Å². The summed E-state index contributed by atoms with van der Waals surface area (Å²) in [6.45, 7) is 0. The van der Waals surface area contributed by atoms with E-state index in [1.807, 2.05) is 48.0 Å². The number of halogens is 1. The highest BCUT2D eigenvalue weighted by molar-refractivity contribution is 6.30. The normalized spacial score (nSPS) is 10.9. The molecule has 2 aromatic carbocycles. The minimum atomic E-state index is -0.924. The van der Waals surface area contributed by atoms with Gasteiger partial charge in [-0.3, -0.25) is 0 Å². The van der Waals surface area contributed by atoms with E-state index >= 15 is 0 Å². The first-order valence-corrected chi connectivity index (χ1v) is 6.54. The van der Waals surface area contributed by atoms with Crippen molar-refractivity contribution in [3.8, 4) is 11.3 Å². The Bertz CT molecular complexity index is 803. The van der Waals surface area contributed by atoms with Crippen LogP contribution in [0.4, 0.5) is 0 Å². The summed E-state index contributed by atoms with van der Waals surface area (Å²) in [7, 11) is 1.87. The van der Waals surface area contributed by atoms with Crippen molar-refractivity contribution in [3.63, 3.8) is 0 Å². The SMILES string of the molecule is Cn1c(-c2ccc(Cl)cc2)c(C(=O)O)c2ccccc21. The van der Waals surface area contributed by atoms with Crippen LogP contribution in [0, 0.1) is 0 Å². The van der Waals surface area contributed by atoms with Gasteiger partial charge in [-0.2, -0.15) is 0 Å². The highest BCUT2D eigenvalue weighted by Gasteiger charge is 2.21. The first-order chi connectivity index (χ1) is 9.59. The van der Waals surface area contributed by atoms with E-state index in [-0.39, 0.29) is 0 Å². The lowest BCUT2D eigenvalue weighted by molar-refractivity contribution is 0.0699. The highest BCUT2D eigenvalue weighted by Crippen LogP contribution is 2.33. The van der Waals surface area contributed by atoms with Crippen molar-refractivity contribution >= 4 is 28.5 Å². The number of aromatic nitrogens is 1. The second-order valence-corrected chi connectivity index (χ2v) is 5.05. The van der Waals surface area contributed by atoms with Crippen LogP contribution in [0.15, 0.2) is 48.5 Å². The Balaban J connectivity index is 2.39. The lowest BCUT2D eigenvalue weighted by Crippen LogP contribution is -2.00. The van der Waals surface area contributed by atoms with Gasteiger partial charge in [0.15, 0.2) is 0 Å². The van der Waals surface area contributed by atoms with Gasteiger partial charge in [0.2, 0.25) is 0 Å². The minimum Gasteiger partial charge on any atom is -0.478 e. The average Bonchev–Trinajstić information content (AvgIpc) is 2.74. The number of carboxylic acid groups (broad SMARTS) is 1.